The van der Waals surface area contributed by atoms with Crippen LogP contribution in [-0.4, -0.2) is 37.1 Å². The first-order chi connectivity index (χ1) is 7.25. The van der Waals surface area contributed by atoms with Gasteiger partial charge in [-0.2, -0.15) is 0 Å². The minimum Gasteiger partial charge on any atom is -0.310 e. The third kappa shape index (κ3) is 3.18. The van der Waals surface area contributed by atoms with Crippen LogP contribution in [0.2, 0.25) is 0 Å². The SMILES string of the molecule is CC1CCCCCC1NC1CCN(C)C1. The van der Waals surface area contributed by atoms with Crippen LogP contribution in [0.3, 0.4) is 0 Å². The van der Waals surface area contributed by atoms with Gasteiger partial charge < -0.3 is 10.2 Å². The Labute approximate surface area is 94.4 Å². The third-order valence-corrected chi connectivity index (χ3v) is 4.20. The molecule has 1 heterocycles. The first kappa shape index (κ1) is 11.4. The Hall–Kier alpha value is -0.0800. The molecule has 0 amide bonds. The molecule has 3 atom stereocenters. The average Bonchev–Trinajstić information content (AvgIpc) is 2.50. The summed E-state index contributed by atoms with van der Waals surface area (Å²) in [4.78, 5) is 2.44. The molecule has 2 nitrogen and oxygen atoms in total. The Morgan fingerprint density at radius 3 is 2.60 bits per heavy atom. The van der Waals surface area contributed by atoms with Crippen molar-refractivity contribution < 1.29 is 0 Å². The maximum absolute atomic E-state index is 3.90. The highest BCUT2D eigenvalue weighted by Crippen LogP contribution is 2.24. The lowest BCUT2D eigenvalue weighted by molar-refractivity contribution is 0.314. The summed E-state index contributed by atoms with van der Waals surface area (Å²) in [5, 5.41) is 3.90. The van der Waals surface area contributed by atoms with E-state index < -0.39 is 0 Å². The normalized spacial score (nSPS) is 39.2. The van der Waals surface area contributed by atoms with E-state index in [1.165, 1.54) is 51.6 Å². The molecule has 1 saturated carbocycles. The van der Waals surface area contributed by atoms with E-state index in [1.54, 1.807) is 0 Å². The summed E-state index contributed by atoms with van der Waals surface area (Å²) in [5.41, 5.74) is 0. The summed E-state index contributed by atoms with van der Waals surface area (Å²) < 4.78 is 0. The summed E-state index contributed by atoms with van der Waals surface area (Å²) in [6.07, 6.45) is 8.52. The van der Waals surface area contributed by atoms with E-state index >= 15 is 0 Å². The average molecular weight is 210 g/mol. The molecular weight excluding hydrogens is 184 g/mol. The molecule has 1 saturated heterocycles. The maximum Gasteiger partial charge on any atom is 0.0209 e. The van der Waals surface area contributed by atoms with E-state index in [0.717, 1.165) is 18.0 Å². The molecule has 2 heteroatoms. The van der Waals surface area contributed by atoms with Gasteiger partial charge in [0, 0.05) is 18.6 Å². The predicted octanol–water partition coefficient (Wildman–Crippen LogP) is 2.25. The summed E-state index contributed by atoms with van der Waals surface area (Å²) in [5.74, 6) is 0.887. The number of rotatable bonds is 2. The van der Waals surface area contributed by atoms with Crippen LogP contribution in [0.15, 0.2) is 0 Å². The zero-order valence-electron chi connectivity index (χ0n) is 10.3. The lowest BCUT2D eigenvalue weighted by atomic mass is 9.96. The van der Waals surface area contributed by atoms with Crippen molar-refractivity contribution in [1.29, 1.82) is 0 Å². The molecule has 0 aromatic heterocycles. The minimum absolute atomic E-state index is 0.764. The predicted molar refractivity (Wildman–Crippen MR) is 65.1 cm³/mol. The van der Waals surface area contributed by atoms with E-state index in [2.05, 4.69) is 24.2 Å². The molecule has 2 aliphatic rings. The van der Waals surface area contributed by atoms with E-state index in [9.17, 15) is 0 Å². The molecule has 0 bridgehead atoms. The summed E-state index contributed by atoms with van der Waals surface area (Å²) >= 11 is 0. The molecule has 88 valence electrons. The minimum atomic E-state index is 0.764. The Balaban J connectivity index is 1.81. The van der Waals surface area contributed by atoms with Crippen molar-refractivity contribution in [3.8, 4) is 0 Å². The second-order valence-electron chi connectivity index (χ2n) is 5.64. The Morgan fingerprint density at radius 2 is 1.87 bits per heavy atom. The van der Waals surface area contributed by atoms with Gasteiger partial charge in [0.05, 0.1) is 0 Å². The third-order valence-electron chi connectivity index (χ3n) is 4.20. The highest BCUT2D eigenvalue weighted by atomic mass is 15.2. The quantitative estimate of drug-likeness (QED) is 0.703. The second kappa shape index (κ2) is 5.31. The molecule has 0 spiro atoms. The molecule has 1 aliphatic heterocycles. The largest absolute Gasteiger partial charge is 0.310 e. The van der Waals surface area contributed by atoms with Crippen LogP contribution in [0.1, 0.15) is 45.4 Å². The molecule has 1 N–H and O–H groups in total. The van der Waals surface area contributed by atoms with Crippen LogP contribution in [0.5, 0.6) is 0 Å². The summed E-state index contributed by atoms with van der Waals surface area (Å²) in [6, 6.07) is 1.56. The van der Waals surface area contributed by atoms with Gasteiger partial charge in [-0.15, -0.1) is 0 Å². The molecule has 2 rings (SSSR count). The van der Waals surface area contributed by atoms with Gasteiger partial charge in [-0.1, -0.05) is 26.2 Å². The monoisotopic (exact) mass is 210 g/mol. The maximum atomic E-state index is 3.90. The lowest BCUT2D eigenvalue weighted by Crippen LogP contribution is -2.42. The lowest BCUT2D eigenvalue weighted by Gasteiger charge is -2.26. The molecule has 1 aliphatic carbocycles. The fraction of sp³-hybridized carbons (Fsp3) is 1.00. The first-order valence-electron chi connectivity index (χ1n) is 6.70. The van der Waals surface area contributed by atoms with Crippen LogP contribution in [-0.2, 0) is 0 Å². The molecular formula is C13H26N2. The Morgan fingerprint density at radius 1 is 1.07 bits per heavy atom. The van der Waals surface area contributed by atoms with Crippen LogP contribution in [0.4, 0.5) is 0 Å². The molecule has 3 unspecified atom stereocenters. The summed E-state index contributed by atoms with van der Waals surface area (Å²) in [7, 11) is 2.23. The molecule has 15 heavy (non-hydrogen) atoms. The van der Waals surface area contributed by atoms with Crippen molar-refractivity contribution in [2.24, 2.45) is 5.92 Å². The van der Waals surface area contributed by atoms with Crippen molar-refractivity contribution in [2.45, 2.75) is 57.5 Å². The van der Waals surface area contributed by atoms with Gasteiger partial charge in [-0.25, -0.2) is 0 Å². The van der Waals surface area contributed by atoms with Crippen LogP contribution in [0, 0.1) is 5.92 Å². The van der Waals surface area contributed by atoms with Gasteiger partial charge >= 0.3 is 0 Å². The first-order valence-corrected chi connectivity index (χ1v) is 6.70. The van der Waals surface area contributed by atoms with Crippen molar-refractivity contribution in [3.63, 3.8) is 0 Å². The van der Waals surface area contributed by atoms with E-state index in [4.69, 9.17) is 0 Å². The number of likely N-dealkylation sites (N-methyl/N-ethyl adjacent to an activating group) is 1. The van der Waals surface area contributed by atoms with Crippen molar-refractivity contribution in [2.75, 3.05) is 20.1 Å². The number of likely N-dealkylation sites (tertiary alicyclic amines) is 1. The van der Waals surface area contributed by atoms with Gasteiger partial charge in [0.15, 0.2) is 0 Å². The number of nitrogens with zero attached hydrogens (tertiary/aromatic N) is 1. The fourth-order valence-corrected chi connectivity index (χ4v) is 3.11. The van der Waals surface area contributed by atoms with Gasteiger partial charge in [0.25, 0.3) is 0 Å². The fourth-order valence-electron chi connectivity index (χ4n) is 3.11. The molecule has 2 fully saturated rings. The zero-order valence-corrected chi connectivity index (χ0v) is 10.3. The standard InChI is InChI=1S/C13H26N2/c1-11-6-4-3-5-7-13(11)14-12-8-9-15(2)10-12/h11-14H,3-10H2,1-2H3. The van der Waals surface area contributed by atoms with Gasteiger partial charge in [-0.3, -0.25) is 0 Å². The highest BCUT2D eigenvalue weighted by molar-refractivity contribution is 4.85. The van der Waals surface area contributed by atoms with Gasteiger partial charge in [0.2, 0.25) is 0 Å². The van der Waals surface area contributed by atoms with Crippen molar-refractivity contribution in [3.05, 3.63) is 0 Å². The van der Waals surface area contributed by atoms with Crippen molar-refractivity contribution in [1.82, 2.24) is 10.2 Å². The van der Waals surface area contributed by atoms with E-state index in [1.807, 2.05) is 0 Å². The van der Waals surface area contributed by atoms with Crippen LogP contribution in [0.25, 0.3) is 0 Å². The topological polar surface area (TPSA) is 15.3 Å². The number of hydrogen-bond acceptors (Lipinski definition) is 2. The highest BCUT2D eigenvalue weighted by Gasteiger charge is 2.25. The number of hydrogen-bond donors (Lipinski definition) is 1. The number of nitrogens with one attached hydrogen (secondary N) is 1. The Bertz CT molecular complexity index is 193. The summed E-state index contributed by atoms with van der Waals surface area (Å²) in [6.45, 7) is 4.96. The van der Waals surface area contributed by atoms with E-state index in [-0.39, 0.29) is 0 Å². The smallest absolute Gasteiger partial charge is 0.0209 e. The Kier molecular flexibility index (Phi) is 4.04. The van der Waals surface area contributed by atoms with Crippen LogP contribution < -0.4 is 5.32 Å². The second-order valence-corrected chi connectivity index (χ2v) is 5.64. The van der Waals surface area contributed by atoms with Gasteiger partial charge in [-0.05, 0) is 38.8 Å². The van der Waals surface area contributed by atoms with Gasteiger partial charge in [0.1, 0.15) is 0 Å². The van der Waals surface area contributed by atoms with Crippen LogP contribution >= 0.6 is 0 Å². The molecule has 0 radical (unpaired) electrons. The zero-order chi connectivity index (χ0) is 10.7. The van der Waals surface area contributed by atoms with E-state index in [0.29, 0.717) is 0 Å². The molecule has 0 aromatic carbocycles. The molecule has 0 aromatic rings. The van der Waals surface area contributed by atoms with Crippen molar-refractivity contribution >= 4 is 0 Å².